The van der Waals surface area contributed by atoms with Crippen LogP contribution in [0, 0.1) is 0 Å². The number of aromatic nitrogens is 1. The zero-order valence-corrected chi connectivity index (χ0v) is 10.1. The molecule has 3 nitrogen and oxygen atoms in total. The van der Waals surface area contributed by atoms with Crippen molar-refractivity contribution in [2.45, 2.75) is 31.1 Å². The Labute approximate surface area is 105 Å². The Kier molecular flexibility index (Phi) is 2.54. The van der Waals surface area contributed by atoms with Crippen LogP contribution in [0.25, 0.3) is 10.9 Å². The van der Waals surface area contributed by atoms with Crippen molar-refractivity contribution < 1.29 is 9.90 Å². The number of benzene rings is 1. The Bertz CT molecular complexity index is 602. The molecule has 0 radical (unpaired) electrons. The molecule has 0 aliphatic heterocycles. The fourth-order valence-electron chi connectivity index (χ4n) is 2.86. The van der Waals surface area contributed by atoms with Gasteiger partial charge < -0.3 is 5.11 Å². The zero-order chi connectivity index (χ0) is 12.6. The van der Waals surface area contributed by atoms with E-state index in [1.54, 1.807) is 6.20 Å². The minimum atomic E-state index is -0.712. The number of carbonyl (C=O) groups is 1. The predicted molar refractivity (Wildman–Crippen MR) is 69.5 cm³/mol. The van der Waals surface area contributed by atoms with Gasteiger partial charge in [0.05, 0.1) is 11.9 Å². The van der Waals surface area contributed by atoms with Crippen LogP contribution in [0.15, 0.2) is 36.5 Å². The minimum Gasteiger partial charge on any atom is -0.481 e. The van der Waals surface area contributed by atoms with Gasteiger partial charge in [0.25, 0.3) is 0 Å². The molecule has 1 N–H and O–H groups in total. The SMILES string of the molecule is O=C(O)CC1(c2ccc3cccnc3c2)CCC1. The van der Waals surface area contributed by atoms with E-state index in [0.29, 0.717) is 0 Å². The summed E-state index contributed by atoms with van der Waals surface area (Å²) in [6.07, 6.45) is 5.06. The molecule has 3 rings (SSSR count). The number of nitrogens with zero attached hydrogens (tertiary/aromatic N) is 1. The van der Waals surface area contributed by atoms with Crippen molar-refractivity contribution in [3.05, 3.63) is 42.1 Å². The van der Waals surface area contributed by atoms with E-state index in [2.05, 4.69) is 17.1 Å². The van der Waals surface area contributed by atoms with Crippen molar-refractivity contribution >= 4 is 16.9 Å². The van der Waals surface area contributed by atoms with Crippen molar-refractivity contribution in [3.8, 4) is 0 Å². The fourth-order valence-corrected chi connectivity index (χ4v) is 2.86. The Morgan fingerprint density at radius 3 is 2.83 bits per heavy atom. The summed E-state index contributed by atoms with van der Waals surface area (Å²) in [5, 5.41) is 10.2. The van der Waals surface area contributed by atoms with Crippen LogP contribution in [0.1, 0.15) is 31.2 Å². The van der Waals surface area contributed by atoms with Gasteiger partial charge in [-0.1, -0.05) is 24.6 Å². The molecule has 2 aromatic rings. The van der Waals surface area contributed by atoms with Crippen LogP contribution in [-0.2, 0) is 10.2 Å². The third kappa shape index (κ3) is 1.76. The molecule has 0 spiro atoms. The molecule has 1 aliphatic rings. The number of pyridine rings is 1. The zero-order valence-electron chi connectivity index (χ0n) is 10.1. The Balaban J connectivity index is 2.04. The van der Waals surface area contributed by atoms with Gasteiger partial charge in [0, 0.05) is 17.0 Å². The van der Waals surface area contributed by atoms with Gasteiger partial charge in [0.15, 0.2) is 0 Å². The van der Waals surface area contributed by atoms with Gasteiger partial charge in [-0.05, 0) is 30.5 Å². The first-order valence-electron chi connectivity index (χ1n) is 6.27. The molecule has 0 saturated heterocycles. The van der Waals surface area contributed by atoms with E-state index in [1.807, 2.05) is 18.2 Å². The maximum absolute atomic E-state index is 11.0. The lowest BCUT2D eigenvalue weighted by Crippen LogP contribution is -2.36. The molecule has 1 saturated carbocycles. The lowest BCUT2D eigenvalue weighted by molar-refractivity contribution is -0.139. The smallest absolute Gasteiger partial charge is 0.304 e. The molecule has 0 bridgehead atoms. The number of hydrogen-bond acceptors (Lipinski definition) is 2. The van der Waals surface area contributed by atoms with Crippen LogP contribution in [0.5, 0.6) is 0 Å². The van der Waals surface area contributed by atoms with Crippen LogP contribution >= 0.6 is 0 Å². The van der Waals surface area contributed by atoms with Gasteiger partial charge >= 0.3 is 5.97 Å². The standard InChI is InChI=1S/C15H15NO2/c17-14(18)10-15(6-2-7-15)12-5-4-11-3-1-8-16-13(11)9-12/h1,3-5,8-9H,2,6-7,10H2,(H,17,18). The molecule has 1 aliphatic carbocycles. The van der Waals surface area contributed by atoms with Crippen molar-refractivity contribution in [2.24, 2.45) is 0 Å². The van der Waals surface area contributed by atoms with E-state index in [1.165, 1.54) is 0 Å². The van der Waals surface area contributed by atoms with Crippen molar-refractivity contribution in [1.29, 1.82) is 0 Å². The summed E-state index contributed by atoms with van der Waals surface area (Å²) in [5.74, 6) is -0.712. The van der Waals surface area contributed by atoms with Gasteiger partial charge in [0.2, 0.25) is 0 Å². The van der Waals surface area contributed by atoms with E-state index in [-0.39, 0.29) is 11.8 Å². The number of aliphatic carboxylic acids is 1. The van der Waals surface area contributed by atoms with Crippen molar-refractivity contribution in [2.75, 3.05) is 0 Å². The van der Waals surface area contributed by atoms with E-state index in [9.17, 15) is 4.79 Å². The highest BCUT2D eigenvalue weighted by atomic mass is 16.4. The number of fused-ring (bicyclic) bond motifs is 1. The molecule has 0 atom stereocenters. The van der Waals surface area contributed by atoms with E-state index in [4.69, 9.17) is 5.11 Å². The molecule has 0 amide bonds. The van der Waals surface area contributed by atoms with Gasteiger partial charge in [0.1, 0.15) is 0 Å². The predicted octanol–water partition coefficient (Wildman–Crippen LogP) is 3.13. The summed E-state index contributed by atoms with van der Waals surface area (Å²) < 4.78 is 0. The molecule has 0 unspecified atom stereocenters. The largest absolute Gasteiger partial charge is 0.481 e. The van der Waals surface area contributed by atoms with Crippen LogP contribution in [-0.4, -0.2) is 16.1 Å². The van der Waals surface area contributed by atoms with E-state index in [0.717, 1.165) is 35.7 Å². The maximum Gasteiger partial charge on any atom is 0.304 e. The number of carboxylic acid groups (broad SMARTS) is 1. The maximum atomic E-state index is 11.0. The first-order chi connectivity index (χ1) is 8.70. The highest BCUT2D eigenvalue weighted by molar-refractivity contribution is 5.79. The van der Waals surface area contributed by atoms with E-state index >= 15 is 0 Å². The summed E-state index contributed by atoms with van der Waals surface area (Å²) in [5.41, 5.74) is 1.92. The highest BCUT2D eigenvalue weighted by Crippen LogP contribution is 2.46. The molecule has 92 valence electrons. The Hall–Kier alpha value is -1.90. The summed E-state index contributed by atoms with van der Waals surface area (Å²) in [6.45, 7) is 0. The normalized spacial score (nSPS) is 17.3. The average Bonchev–Trinajstić information content (AvgIpc) is 2.33. The second-order valence-electron chi connectivity index (χ2n) is 5.12. The Morgan fingerprint density at radius 1 is 1.33 bits per heavy atom. The molecular formula is C15H15NO2. The van der Waals surface area contributed by atoms with Gasteiger partial charge in [-0.2, -0.15) is 0 Å². The molecule has 1 aromatic heterocycles. The Morgan fingerprint density at radius 2 is 2.17 bits per heavy atom. The van der Waals surface area contributed by atoms with E-state index < -0.39 is 5.97 Å². The van der Waals surface area contributed by atoms with Crippen LogP contribution in [0.3, 0.4) is 0 Å². The fraction of sp³-hybridized carbons (Fsp3) is 0.333. The summed E-state index contributed by atoms with van der Waals surface area (Å²) >= 11 is 0. The quantitative estimate of drug-likeness (QED) is 0.898. The summed E-state index contributed by atoms with van der Waals surface area (Å²) in [7, 11) is 0. The monoisotopic (exact) mass is 241 g/mol. The molecular weight excluding hydrogens is 226 g/mol. The second-order valence-corrected chi connectivity index (χ2v) is 5.12. The lowest BCUT2D eigenvalue weighted by Gasteiger charge is -2.41. The number of hydrogen-bond donors (Lipinski definition) is 1. The van der Waals surface area contributed by atoms with Crippen molar-refractivity contribution in [1.82, 2.24) is 4.98 Å². The molecule has 3 heteroatoms. The summed E-state index contributed by atoms with van der Waals surface area (Å²) in [6, 6.07) is 10.1. The lowest BCUT2D eigenvalue weighted by atomic mass is 9.62. The number of rotatable bonds is 3. The van der Waals surface area contributed by atoms with Crippen molar-refractivity contribution in [3.63, 3.8) is 0 Å². The number of carboxylic acids is 1. The average molecular weight is 241 g/mol. The third-order valence-electron chi connectivity index (χ3n) is 4.02. The first kappa shape index (κ1) is 11.2. The molecule has 1 heterocycles. The highest BCUT2D eigenvalue weighted by Gasteiger charge is 2.40. The minimum absolute atomic E-state index is 0.155. The molecule has 1 fully saturated rings. The first-order valence-corrected chi connectivity index (χ1v) is 6.27. The topological polar surface area (TPSA) is 50.2 Å². The van der Waals surface area contributed by atoms with Crippen LogP contribution < -0.4 is 0 Å². The van der Waals surface area contributed by atoms with Gasteiger partial charge in [-0.3, -0.25) is 9.78 Å². The van der Waals surface area contributed by atoms with Gasteiger partial charge in [-0.15, -0.1) is 0 Å². The summed E-state index contributed by atoms with van der Waals surface area (Å²) in [4.78, 5) is 15.4. The van der Waals surface area contributed by atoms with Gasteiger partial charge in [-0.25, -0.2) is 0 Å². The third-order valence-corrected chi connectivity index (χ3v) is 4.02. The second kappa shape index (κ2) is 4.09. The van der Waals surface area contributed by atoms with Crippen LogP contribution in [0.4, 0.5) is 0 Å². The molecule has 1 aromatic carbocycles. The van der Waals surface area contributed by atoms with Crippen LogP contribution in [0.2, 0.25) is 0 Å². The molecule has 18 heavy (non-hydrogen) atoms.